The summed E-state index contributed by atoms with van der Waals surface area (Å²) in [6.45, 7) is 7.53. The van der Waals surface area contributed by atoms with Crippen LogP contribution in [0.4, 0.5) is 0 Å². The van der Waals surface area contributed by atoms with E-state index >= 15 is 0 Å². The molecule has 0 aromatic rings. The highest BCUT2D eigenvalue weighted by Crippen LogP contribution is 1.88. The topological polar surface area (TPSA) is 12.5 Å². The van der Waals surface area contributed by atoms with Gasteiger partial charge in [-0.15, -0.1) is 0 Å². The first-order valence-corrected chi connectivity index (χ1v) is 4.38. The van der Waals surface area contributed by atoms with E-state index in [1.165, 1.54) is 6.42 Å². The first-order valence-electron chi connectivity index (χ1n) is 4.38. The molecule has 64 valence electrons. The summed E-state index contributed by atoms with van der Waals surface area (Å²) in [5.41, 5.74) is 0. The highest BCUT2D eigenvalue weighted by Gasteiger charge is 1.92. The van der Waals surface area contributed by atoms with Crippen LogP contribution in [-0.4, -0.2) is 39.1 Å². The van der Waals surface area contributed by atoms with Gasteiger partial charge in [0.25, 0.3) is 0 Å². The lowest BCUT2D eigenvalue weighted by Gasteiger charge is -2.13. The summed E-state index contributed by atoms with van der Waals surface area (Å²) < 4.78 is 5.32. The van der Waals surface area contributed by atoms with Crippen molar-refractivity contribution < 1.29 is 4.74 Å². The molecule has 0 aliphatic heterocycles. The minimum absolute atomic E-state index is 0.754. The lowest BCUT2D eigenvalue weighted by molar-refractivity contribution is 0.121. The molecule has 0 rings (SSSR count). The van der Waals surface area contributed by atoms with Gasteiger partial charge in [-0.05, 0) is 13.0 Å². The number of nitrogens with zero attached hydrogens (tertiary/aromatic N) is 1. The highest BCUT2D eigenvalue weighted by atomic mass is 16.5. The summed E-state index contributed by atoms with van der Waals surface area (Å²) in [6.07, 6.45) is 2.34. The van der Waals surface area contributed by atoms with Crippen LogP contribution >= 0.6 is 0 Å². The molecular formula is C8H18BNO. The van der Waals surface area contributed by atoms with Crippen LogP contribution < -0.4 is 0 Å². The molecule has 0 fully saturated rings. The number of unbranched alkanes of at least 4 members (excludes halogenated alkanes) is 1. The molecule has 0 atom stereocenters. The second-order valence-corrected chi connectivity index (χ2v) is 2.59. The van der Waals surface area contributed by atoms with Gasteiger partial charge in [-0.25, -0.2) is 0 Å². The third kappa shape index (κ3) is 7.89. The standard InChI is InChI=1S/C8H18BNO/c1-3-5-7-11-8-6-10(9)4-2/h3-8H2,1-2H3. The van der Waals surface area contributed by atoms with Crippen LogP contribution in [0.5, 0.6) is 0 Å². The number of hydrogen-bond acceptors (Lipinski definition) is 2. The second-order valence-electron chi connectivity index (χ2n) is 2.59. The largest absolute Gasteiger partial charge is 0.380 e. The Morgan fingerprint density at radius 1 is 1.27 bits per heavy atom. The third-order valence-electron chi connectivity index (χ3n) is 1.57. The number of ether oxygens (including phenoxy) is 1. The van der Waals surface area contributed by atoms with Crippen molar-refractivity contribution >= 4 is 7.98 Å². The minimum Gasteiger partial charge on any atom is -0.380 e. The van der Waals surface area contributed by atoms with Gasteiger partial charge in [0.05, 0.1) is 6.61 Å². The lowest BCUT2D eigenvalue weighted by Crippen LogP contribution is -2.24. The fourth-order valence-corrected chi connectivity index (χ4v) is 0.688. The Morgan fingerprint density at radius 2 is 2.00 bits per heavy atom. The van der Waals surface area contributed by atoms with Gasteiger partial charge < -0.3 is 9.55 Å². The van der Waals surface area contributed by atoms with Crippen LogP contribution in [0.2, 0.25) is 0 Å². The molecule has 0 saturated carbocycles. The summed E-state index contributed by atoms with van der Waals surface area (Å²) >= 11 is 0. The Labute approximate surface area is 71.3 Å². The molecule has 11 heavy (non-hydrogen) atoms. The van der Waals surface area contributed by atoms with Gasteiger partial charge in [0.1, 0.15) is 0 Å². The van der Waals surface area contributed by atoms with Crippen LogP contribution in [0, 0.1) is 0 Å². The molecule has 0 aromatic heterocycles. The summed E-state index contributed by atoms with van der Waals surface area (Å²) in [6, 6.07) is 0. The number of likely N-dealkylation sites (N-methyl/N-ethyl adjacent to an activating group) is 1. The van der Waals surface area contributed by atoms with E-state index in [9.17, 15) is 0 Å². The van der Waals surface area contributed by atoms with Gasteiger partial charge in [0, 0.05) is 13.2 Å². The van der Waals surface area contributed by atoms with Crippen LogP contribution in [-0.2, 0) is 4.74 Å². The predicted molar refractivity (Wildman–Crippen MR) is 48.7 cm³/mol. The van der Waals surface area contributed by atoms with E-state index in [1.807, 2.05) is 6.92 Å². The Bertz CT molecular complexity index is 80.5. The van der Waals surface area contributed by atoms with Crippen LogP contribution in [0.3, 0.4) is 0 Å². The number of hydrogen-bond donors (Lipinski definition) is 0. The molecule has 0 unspecified atom stereocenters. The van der Waals surface area contributed by atoms with Gasteiger partial charge in [0.15, 0.2) is 7.98 Å². The molecule has 0 bridgehead atoms. The molecule has 0 amide bonds. The second kappa shape index (κ2) is 8.09. The minimum atomic E-state index is 0.754. The smallest absolute Gasteiger partial charge is 0.182 e. The molecule has 0 saturated heterocycles. The van der Waals surface area contributed by atoms with E-state index in [-0.39, 0.29) is 0 Å². The van der Waals surface area contributed by atoms with Gasteiger partial charge in [-0.1, -0.05) is 20.3 Å². The quantitative estimate of drug-likeness (QED) is 0.404. The molecule has 0 N–H and O–H groups in total. The Balaban J connectivity index is 2.89. The van der Waals surface area contributed by atoms with E-state index in [0.29, 0.717) is 0 Å². The van der Waals surface area contributed by atoms with Gasteiger partial charge >= 0.3 is 0 Å². The molecule has 2 radical (unpaired) electrons. The summed E-state index contributed by atoms with van der Waals surface area (Å²) in [7, 11) is 5.54. The highest BCUT2D eigenvalue weighted by molar-refractivity contribution is 6.04. The lowest BCUT2D eigenvalue weighted by atomic mass is 10.3. The summed E-state index contributed by atoms with van der Waals surface area (Å²) in [4.78, 5) is 1.76. The van der Waals surface area contributed by atoms with Crippen molar-refractivity contribution in [3.05, 3.63) is 0 Å². The summed E-state index contributed by atoms with van der Waals surface area (Å²) in [5, 5.41) is 0. The van der Waals surface area contributed by atoms with Crippen LogP contribution in [0.1, 0.15) is 26.7 Å². The molecule has 0 heterocycles. The predicted octanol–water partition coefficient (Wildman–Crippen LogP) is 1.21. The average molecular weight is 155 g/mol. The Kier molecular flexibility index (Phi) is 8.07. The Hall–Kier alpha value is -0.0151. The molecular weight excluding hydrogens is 137 g/mol. The third-order valence-corrected chi connectivity index (χ3v) is 1.57. The molecule has 0 aliphatic rings. The first-order chi connectivity index (χ1) is 5.31. The molecule has 0 spiro atoms. The molecule has 0 aliphatic carbocycles. The first kappa shape index (κ1) is 11.0. The monoisotopic (exact) mass is 155 g/mol. The molecule has 2 nitrogen and oxygen atoms in total. The van der Waals surface area contributed by atoms with Crippen LogP contribution in [0.15, 0.2) is 0 Å². The van der Waals surface area contributed by atoms with E-state index in [1.54, 1.807) is 4.81 Å². The van der Waals surface area contributed by atoms with Crippen molar-refractivity contribution in [2.24, 2.45) is 0 Å². The van der Waals surface area contributed by atoms with E-state index in [0.717, 1.165) is 32.7 Å². The number of rotatable bonds is 7. The fraction of sp³-hybridized carbons (Fsp3) is 1.00. The van der Waals surface area contributed by atoms with Gasteiger partial charge in [0.2, 0.25) is 0 Å². The zero-order valence-corrected chi connectivity index (χ0v) is 7.68. The molecule has 0 aromatic carbocycles. The Morgan fingerprint density at radius 3 is 2.55 bits per heavy atom. The van der Waals surface area contributed by atoms with Crippen molar-refractivity contribution in [2.75, 3.05) is 26.3 Å². The van der Waals surface area contributed by atoms with Crippen LogP contribution in [0.25, 0.3) is 0 Å². The summed E-state index contributed by atoms with van der Waals surface area (Å²) in [5.74, 6) is 0. The van der Waals surface area contributed by atoms with Crippen molar-refractivity contribution in [1.29, 1.82) is 0 Å². The van der Waals surface area contributed by atoms with Crippen molar-refractivity contribution in [2.45, 2.75) is 26.7 Å². The van der Waals surface area contributed by atoms with Crippen molar-refractivity contribution in [3.63, 3.8) is 0 Å². The van der Waals surface area contributed by atoms with Crippen molar-refractivity contribution in [3.8, 4) is 0 Å². The van der Waals surface area contributed by atoms with E-state index in [2.05, 4.69) is 6.92 Å². The van der Waals surface area contributed by atoms with Gasteiger partial charge in [-0.3, -0.25) is 0 Å². The van der Waals surface area contributed by atoms with Gasteiger partial charge in [-0.2, -0.15) is 0 Å². The van der Waals surface area contributed by atoms with Crippen molar-refractivity contribution in [1.82, 2.24) is 4.81 Å². The zero-order chi connectivity index (χ0) is 8.53. The molecule has 3 heteroatoms. The maximum Gasteiger partial charge on any atom is 0.182 e. The van der Waals surface area contributed by atoms with E-state index < -0.39 is 0 Å². The maximum atomic E-state index is 5.54. The fourth-order valence-electron chi connectivity index (χ4n) is 0.688. The average Bonchev–Trinajstić information content (AvgIpc) is 2.04. The zero-order valence-electron chi connectivity index (χ0n) is 7.68. The SMILES string of the molecule is [B]N(CC)CCOCCCC. The maximum absolute atomic E-state index is 5.54. The normalized spacial score (nSPS) is 10.8. The van der Waals surface area contributed by atoms with E-state index in [4.69, 9.17) is 12.7 Å².